The molecule has 2 N–H and O–H groups in total. The van der Waals surface area contributed by atoms with Crippen LogP contribution in [-0.2, 0) is 4.79 Å². The second-order valence-electron chi connectivity index (χ2n) is 6.49. The Kier molecular flexibility index (Phi) is 4.31. The van der Waals surface area contributed by atoms with Crippen LogP contribution < -0.4 is 10.6 Å². The molecule has 0 radical (unpaired) electrons. The van der Waals surface area contributed by atoms with Crippen LogP contribution in [0.5, 0.6) is 0 Å². The maximum absolute atomic E-state index is 12.7. The molecule has 3 nitrogen and oxygen atoms in total. The molecule has 0 aromatic rings. The van der Waals surface area contributed by atoms with E-state index >= 15 is 0 Å². The van der Waals surface area contributed by atoms with Gasteiger partial charge in [-0.3, -0.25) is 4.79 Å². The van der Waals surface area contributed by atoms with Crippen molar-refractivity contribution in [2.24, 2.45) is 5.41 Å². The monoisotopic (exact) mass is 252 g/mol. The van der Waals surface area contributed by atoms with Crippen LogP contribution in [0.4, 0.5) is 0 Å². The van der Waals surface area contributed by atoms with E-state index in [0.29, 0.717) is 5.91 Å². The van der Waals surface area contributed by atoms with Crippen LogP contribution in [0, 0.1) is 5.41 Å². The van der Waals surface area contributed by atoms with Crippen LogP contribution in [0.15, 0.2) is 0 Å². The van der Waals surface area contributed by atoms with Crippen molar-refractivity contribution >= 4 is 5.91 Å². The van der Waals surface area contributed by atoms with E-state index in [0.717, 1.165) is 45.2 Å². The molecule has 1 unspecified atom stereocenters. The van der Waals surface area contributed by atoms with Gasteiger partial charge in [0.15, 0.2) is 0 Å². The minimum absolute atomic E-state index is 0.0505. The van der Waals surface area contributed by atoms with Gasteiger partial charge >= 0.3 is 0 Å². The van der Waals surface area contributed by atoms with Gasteiger partial charge in [-0.2, -0.15) is 0 Å². The fourth-order valence-corrected chi connectivity index (χ4v) is 3.49. The highest BCUT2D eigenvalue weighted by atomic mass is 16.2. The smallest absolute Gasteiger partial charge is 0.227 e. The summed E-state index contributed by atoms with van der Waals surface area (Å²) < 4.78 is 0. The highest BCUT2D eigenvalue weighted by Crippen LogP contribution is 2.33. The zero-order valence-corrected chi connectivity index (χ0v) is 12.0. The number of hydrogen-bond acceptors (Lipinski definition) is 2. The van der Waals surface area contributed by atoms with Crippen LogP contribution in [-0.4, -0.2) is 24.5 Å². The van der Waals surface area contributed by atoms with Crippen LogP contribution >= 0.6 is 0 Å². The fourth-order valence-electron chi connectivity index (χ4n) is 3.49. The molecular weight excluding hydrogens is 224 g/mol. The Bertz CT molecular complexity index is 289. The van der Waals surface area contributed by atoms with Crippen molar-refractivity contribution in [1.29, 1.82) is 0 Å². The lowest BCUT2D eigenvalue weighted by Gasteiger charge is -2.41. The van der Waals surface area contributed by atoms with Gasteiger partial charge in [0.05, 0.1) is 5.41 Å². The van der Waals surface area contributed by atoms with Crippen molar-refractivity contribution in [3.63, 3.8) is 0 Å². The van der Waals surface area contributed by atoms with Gasteiger partial charge in [0.25, 0.3) is 0 Å². The number of rotatable bonds is 3. The topological polar surface area (TPSA) is 41.1 Å². The average Bonchev–Trinajstić information content (AvgIpc) is 2.39. The Hall–Kier alpha value is -0.570. The maximum Gasteiger partial charge on any atom is 0.227 e. The van der Waals surface area contributed by atoms with Crippen molar-refractivity contribution in [1.82, 2.24) is 10.6 Å². The van der Waals surface area contributed by atoms with Gasteiger partial charge in [0.2, 0.25) is 5.91 Å². The molecule has 1 amide bonds. The van der Waals surface area contributed by atoms with Gasteiger partial charge < -0.3 is 10.6 Å². The largest absolute Gasteiger partial charge is 0.350 e. The van der Waals surface area contributed by atoms with Crippen molar-refractivity contribution < 1.29 is 4.79 Å². The van der Waals surface area contributed by atoms with E-state index in [4.69, 9.17) is 0 Å². The molecule has 1 saturated carbocycles. The molecule has 0 spiro atoms. The third-order valence-electron chi connectivity index (χ3n) is 5.00. The summed E-state index contributed by atoms with van der Waals surface area (Å²) in [4.78, 5) is 12.7. The summed E-state index contributed by atoms with van der Waals surface area (Å²) in [7, 11) is 0. The van der Waals surface area contributed by atoms with E-state index in [-0.39, 0.29) is 11.0 Å². The first-order valence-corrected chi connectivity index (χ1v) is 7.64. The summed E-state index contributed by atoms with van der Waals surface area (Å²) in [5.74, 6) is 0.293. The molecule has 0 bridgehead atoms. The number of amides is 1. The Morgan fingerprint density at radius 2 is 1.89 bits per heavy atom. The summed E-state index contributed by atoms with van der Waals surface area (Å²) in [5.41, 5.74) is -0.104. The predicted octanol–water partition coefficient (Wildman–Crippen LogP) is 2.61. The minimum atomic E-state index is -0.154. The van der Waals surface area contributed by atoms with Gasteiger partial charge in [-0.1, -0.05) is 26.2 Å². The lowest BCUT2D eigenvalue weighted by Crippen LogP contribution is -2.56. The van der Waals surface area contributed by atoms with Crippen molar-refractivity contribution in [2.75, 3.05) is 13.1 Å². The van der Waals surface area contributed by atoms with Crippen LogP contribution in [0.2, 0.25) is 0 Å². The molecule has 1 atom stereocenters. The molecule has 1 aliphatic carbocycles. The molecule has 1 saturated heterocycles. The number of nitrogens with one attached hydrogen (secondary N) is 2. The molecule has 0 aromatic heterocycles. The molecule has 104 valence electrons. The molecule has 2 fully saturated rings. The van der Waals surface area contributed by atoms with Gasteiger partial charge in [-0.15, -0.1) is 0 Å². The summed E-state index contributed by atoms with van der Waals surface area (Å²) in [6.07, 6.45) is 9.24. The first-order valence-electron chi connectivity index (χ1n) is 7.64. The second-order valence-corrected chi connectivity index (χ2v) is 6.49. The Balaban J connectivity index is 2.00. The van der Waals surface area contributed by atoms with Crippen LogP contribution in [0.3, 0.4) is 0 Å². The quantitative estimate of drug-likeness (QED) is 0.810. The normalized spacial score (nSPS) is 31.9. The number of piperidine rings is 1. The first kappa shape index (κ1) is 13.9. The number of carbonyl (C=O) groups excluding carboxylic acids is 1. The lowest BCUT2D eigenvalue weighted by molar-refractivity contribution is -0.134. The van der Waals surface area contributed by atoms with Gasteiger partial charge in [-0.25, -0.2) is 0 Å². The summed E-state index contributed by atoms with van der Waals surface area (Å²) in [6, 6.07) is 0. The van der Waals surface area contributed by atoms with Crippen molar-refractivity contribution in [3.05, 3.63) is 0 Å². The van der Waals surface area contributed by atoms with Gasteiger partial charge in [0, 0.05) is 12.1 Å². The van der Waals surface area contributed by atoms with E-state index in [1.807, 2.05) is 0 Å². The van der Waals surface area contributed by atoms with Crippen molar-refractivity contribution in [2.45, 2.75) is 70.8 Å². The number of hydrogen-bond donors (Lipinski definition) is 2. The third-order valence-corrected chi connectivity index (χ3v) is 5.00. The highest BCUT2D eigenvalue weighted by Gasteiger charge is 2.40. The summed E-state index contributed by atoms with van der Waals surface area (Å²) >= 11 is 0. The minimum Gasteiger partial charge on any atom is -0.350 e. The molecule has 0 aromatic carbocycles. The first-order chi connectivity index (χ1) is 8.60. The van der Waals surface area contributed by atoms with E-state index in [1.165, 1.54) is 19.3 Å². The summed E-state index contributed by atoms with van der Waals surface area (Å²) in [5, 5.41) is 6.77. The fraction of sp³-hybridized carbons (Fsp3) is 0.933. The maximum atomic E-state index is 12.7. The molecule has 2 rings (SSSR count). The zero-order chi connectivity index (χ0) is 13.1. The van der Waals surface area contributed by atoms with Gasteiger partial charge in [0.1, 0.15) is 0 Å². The van der Waals surface area contributed by atoms with Crippen LogP contribution in [0.25, 0.3) is 0 Å². The highest BCUT2D eigenvalue weighted by molar-refractivity contribution is 5.83. The molecular formula is C15H28N2O. The van der Waals surface area contributed by atoms with E-state index in [2.05, 4.69) is 24.5 Å². The van der Waals surface area contributed by atoms with Gasteiger partial charge in [-0.05, 0) is 45.6 Å². The van der Waals surface area contributed by atoms with Crippen LogP contribution in [0.1, 0.15) is 65.2 Å². The second kappa shape index (κ2) is 5.60. The van der Waals surface area contributed by atoms with E-state index in [1.54, 1.807) is 0 Å². The zero-order valence-electron chi connectivity index (χ0n) is 12.0. The Labute approximate surface area is 111 Å². The SMILES string of the molecule is CCC1(C(=O)NC2(C)CCCCC2)CCCNC1. The van der Waals surface area contributed by atoms with E-state index in [9.17, 15) is 4.79 Å². The third kappa shape index (κ3) is 2.87. The summed E-state index contributed by atoms with van der Waals surface area (Å²) in [6.45, 7) is 6.29. The van der Waals surface area contributed by atoms with Crippen molar-refractivity contribution in [3.8, 4) is 0 Å². The molecule has 18 heavy (non-hydrogen) atoms. The predicted molar refractivity (Wildman–Crippen MR) is 74.5 cm³/mol. The molecule has 2 aliphatic rings. The number of carbonyl (C=O) groups is 1. The molecule has 3 heteroatoms. The molecule has 1 aliphatic heterocycles. The Morgan fingerprint density at radius 3 is 2.44 bits per heavy atom. The standard InChI is InChI=1S/C15H28N2O/c1-3-15(10-7-11-16-12-15)13(18)17-14(2)8-5-4-6-9-14/h16H,3-12H2,1-2H3,(H,17,18). The molecule has 1 heterocycles. The Morgan fingerprint density at radius 1 is 1.17 bits per heavy atom. The van der Waals surface area contributed by atoms with E-state index < -0.39 is 0 Å². The average molecular weight is 252 g/mol. The lowest BCUT2D eigenvalue weighted by atomic mass is 9.75.